The molecule has 1 aliphatic rings. The van der Waals surface area contributed by atoms with Crippen LogP contribution in [0.4, 0.5) is 17.3 Å². The van der Waals surface area contributed by atoms with Gasteiger partial charge in [-0.1, -0.05) is 13.0 Å². The smallest absolute Gasteiger partial charge is 0.313 e. The summed E-state index contributed by atoms with van der Waals surface area (Å²) in [7, 11) is 0. The summed E-state index contributed by atoms with van der Waals surface area (Å²) in [5.41, 5.74) is 7.66. The largest absolute Gasteiger partial charge is 0.383 e. The van der Waals surface area contributed by atoms with E-state index in [1.165, 1.54) is 13.1 Å². The molecular formula is C21H26N6O3. The van der Waals surface area contributed by atoms with Crippen LogP contribution >= 0.6 is 0 Å². The molecule has 1 fully saturated rings. The van der Waals surface area contributed by atoms with Gasteiger partial charge < -0.3 is 21.3 Å². The van der Waals surface area contributed by atoms with Gasteiger partial charge in [0.1, 0.15) is 11.6 Å². The minimum absolute atomic E-state index is 0.206. The molecule has 9 heteroatoms. The summed E-state index contributed by atoms with van der Waals surface area (Å²) in [5, 5.41) is 5.23. The molecule has 3 heterocycles. The van der Waals surface area contributed by atoms with E-state index in [0.29, 0.717) is 23.9 Å². The molecule has 0 saturated carbocycles. The predicted molar refractivity (Wildman–Crippen MR) is 113 cm³/mol. The van der Waals surface area contributed by atoms with Gasteiger partial charge in [-0.25, -0.2) is 9.97 Å². The van der Waals surface area contributed by atoms with E-state index in [4.69, 9.17) is 5.73 Å². The Balaban J connectivity index is 1.77. The molecule has 158 valence electrons. The molecule has 0 aromatic carbocycles. The number of nitrogens with one attached hydrogen (secondary N) is 2. The van der Waals surface area contributed by atoms with Crippen LogP contribution in [0.2, 0.25) is 0 Å². The summed E-state index contributed by atoms with van der Waals surface area (Å²) in [5.74, 6) is -0.431. The van der Waals surface area contributed by atoms with Crippen LogP contribution in [0.15, 0.2) is 30.6 Å². The normalized spacial score (nSPS) is 18.6. The van der Waals surface area contributed by atoms with Gasteiger partial charge in [0.15, 0.2) is 0 Å². The van der Waals surface area contributed by atoms with Gasteiger partial charge in [-0.05, 0) is 48.9 Å². The minimum atomic E-state index is -0.720. The van der Waals surface area contributed by atoms with E-state index >= 15 is 0 Å². The number of aryl methyl sites for hydroxylation is 1. The molecule has 0 spiro atoms. The first-order valence-electron chi connectivity index (χ1n) is 9.82. The Kier molecular flexibility index (Phi) is 6.29. The number of piperidine rings is 1. The lowest BCUT2D eigenvalue weighted by Crippen LogP contribution is -2.46. The first kappa shape index (κ1) is 21.2. The Morgan fingerprint density at radius 2 is 1.90 bits per heavy atom. The summed E-state index contributed by atoms with van der Waals surface area (Å²) in [6.45, 7) is 5.72. The van der Waals surface area contributed by atoms with Gasteiger partial charge in [-0.3, -0.25) is 14.4 Å². The van der Waals surface area contributed by atoms with Gasteiger partial charge in [-0.15, -0.1) is 0 Å². The number of rotatable bonds is 3. The summed E-state index contributed by atoms with van der Waals surface area (Å²) in [4.78, 5) is 46.7. The van der Waals surface area contributed by atoms with Gasteiger partial charge in [0.2, 0.25) is 5.91 Å². The quantitative estimate of drug-likeness (QED) is 0.666. The maximum atomic E-state index is 13.0. The highest BCUT2D eigenvalue weighted by molar-refractivity contribution is 6.39. The molecule has 2 aromatic rings. The summed E-state index contributed by atoms with van der Waals surface area (Å²) >= 11 is 0. The molecule has 3 amide bonds. The number of pyridine rings is 2. The number of anilines is 3. The zero-order chi connectivity index (χ0) is 21.8. The van der Waals surface area contributed by atoms with Crippen LogP contribution in [-0.4, -0.2) is 39.1 Å². The first-order chi connectivity index (χ1) is 14.2. The van der Waals surface area contributed by atoms with Crippen molar-refractivity contribution in [1.29, 1.82) is 0 Å². The monoisotopic (exact) mass is 410 g/mol. The van der Waals surface area contributed by atoms with Gasteiger partial charge in [0.25, 0.3) is 0 Å². The predicted octanol–water partition coefficient (Wildman–Crippen LogP) is 2.26. The van der Waals surface area contributed by atoms with Crippen LogP contribution in [0.5, 0.6) is 0 Å². The molecule has 3 rings (SSSR count). The molecule has 2 aromatic heterocycles. The molecule has 9 nitrogen and oxygen atoms in total. The second-order valence-corrected chi connectivity index (χ2v) is 7.69. The molecule has 4 N–H and O–H groups in total. The highest BCUT2D eigenvalue weighted by atomic mass is 16.2. The van der Waals surface area contributed by atoms with E-state index in [-0.39, 0.29) is 17.9 Å². The number of carbonyl (C=O) groups is 3. The fraction of sp³-hybridized carbons (Fsp3) is 0.381. The summed E-state index contributed by atoms with van der Waals surface area (Å²) < 4.78 is 0. The minimum Gasteiger partial charge on any atom is -0.383 e. The van der Waals surface area contributed by atoms with Crippen molar-refractivity contribution in [2.75, 3.05) is 22.9 Å². The molecule has 1 aliphatic heterocycles. The van der Waals surface area contributed by atoms with Crippen molar-refractivity contribution in [1.82, 2.24) is 14.9 Å². The molecule has 0 radical (unpaired) electrons. The van der Waals surface area contributed by atoms with E-state index in [0.717, 1.165) is 24.0 Å². The average molecular weight is 410 g/mol. The van der Waals surface area contributed by atoms with Crippen molar-refractivity contribution in [3.8, 4) is 0 Å². The van der Waals surface area contributed by atoms with Crippen LogP contribution in [-0.2, 0) is 14.4 Å². The Morgan fingerprint density at radius 1 is 1.13 bits per heavy atom. The number of nitrogens with zero attached hydrogens (tertiary/aromatic N) is 3. The Labute approximate surface area is 175 Å². The first-order valence-corrected chi connectivity index (χ1v) is 9.82. The van der Waals surface area contributed by atoms with E-state index in [1.54, 1.807) is 30.2 Å². The number of amides is 3. The Hall–Kier alpha value is -3.49. The number of hydrogen-bond acceptors (Lipinski definition) is 6. The fourth-order valence-electron chi connectivity index (χ4n) is 3.55. The molecule has 0 unspecified atom stereocenters. The zero-order valence-electron chi connectivity index (χ0n) is 17.3. The van der Waals surface area contributed by atoms with Gasteiger partial charge >= 0.3 is 11.8 Å². The van der Waals surface area contributed by atoms with Crippen molar-refractivity contribution < 1.29 is 14.4 Å². The van der Waals surface area contributed by atoms with Crippen LogP contribution in [0.1, 0.15) is 43.9 Å². The Bertz CT molecular complexity index is 960. The van der Waals surface area contributed by atoms with E-state index in [9.17, 15) is 14.4 Å². The third kappa shape index (κ3) is 4.91. The van der Waals surface area contributed by atoms with Gasteiger partial charge in [-0.2, -0.15) is 0 Å². The molecule has 2 atom stereocenters. The summed E-state index contributed by atoms with van der Waals surface area (Å²) in [6, 6.07) is 4.93. The van der Waals surface area contributed by atoms with Crippen LogP contribution in [0.25, 0.3) is 0 Å². The van der Waals surface area contributed by atoms with Crippen molar-refractivity contribution >= 4 is 35.0 Å². The third-order valence-corrected chi connectivity index (χ3v) is 5.12. The number of aromatic nitrogens is 2. The maximum Gasteiger partial charge on any atom is 0.313 e. The number of nitrogens with two attached hydrogens (primary N) is 1. The maximum absolute atomic E-state index is 13.0. The molecule has 30 heavy (non-hydrogen) atoms. The van der Waals surface area contributed by atoms with Gasteiger partial charge in [0.05, 0.1) is 17.9 Å². The average Bonchev–Trinajstić information content (AvgIpc) is 2.70. The van der Waals surface area contributed by atoms with Crippen LogP contribution < -0.4 is 16.4 Å². The Morgan fingerprint density at radius 3 is 2.53 bits per heavy atom. The third-order valence-electron chi connectivity index (χ3n) is 5.12. The SMILES string of the molecule is CC(=O)Nc1ccc([C@@H]2CC[C@@H](C)CN2C(=O)C(=O)Nc2cnc(N)c(C)c2)cn1. The second-order valence-electron chi connectivity index (χ2n) is 7.69. The van der Waals surface area contributed by atoms with Crippen LogP contribution in [0.3, 0.4) is 0 Å². The number of likely N-dealkylation sites (tertiary alicyclic amines) is 1. The number of hydrogen-bond donors (Lipinski definition) is 3. The standard InChI is InChI=1S/C21H26N6O3/c1-12-4-6-17(15-5-7-18(23-9-15)25-14(3)28)27(11-12)21(30)20(29)26-16-8-13(2)19(22)24-10-16/h5,7-10,12,17H,4,6,11H2,1-3H3,(H2,22,24)(H,26,29)(H,23,25,28)/t12-,17+/m1/s1. The molecule has 0 aliphatic carbocycles. The lowest BCUT2D eigenvalue weighted by Gasteiger charge is -2.38. The van der Waals surface area contributed by atoms with Gasteiger partial charge in [0, 0.05) is 19.7 Å². The van der Waals surface area contributed by atoms with Crippen molar-refractivity contribution in [3.63, 3.8) is 0 Å². The molecule has 1 saturated heterocycles. The fourth-order valence-corrected chi connectivity index (χ4v) is 3.55. The van der Waals surface area contributed by atoms with E-state index in [1.807, 2.05) is 6.07 Å². The van der Waals surface area contributed by atoms with E-state index in [2.05, 4.69) is 27.5 Å². The molecular weight excluding hydrogens is 384 g/mol. The topological polar surface area (TPSA) is 130 Å². The number of carbonyl (C=O) groups excluding carboxylic acids is 3. The number of nitrogen functional groups attached to an aromatic ring is 1. The lowest BCUT2D eigenvalue weighted by molar-refractivity contribution is -0.146. The highest BCUT2D eigenvalue weighted by Crippen LogP contribution is 2.33. The van der Waals surface area contributed by atoms with Crippen molar-refractivity contribution in [3.05, 3.63) is 41.7 Å². The van der Waals surface area contributed by atoms with Crippen LogP contribution in [0, 0.1) is 12.8 Å². The van der Waals surface area contributed by atoms with Crippen molar-refractivity contribution in [2.24, 2.45) is 5.92 Å². The van der Waals surface area contributed by atoms with Crippen molar-refractivity contribution in [2.45, 2.75) is 39.7 Å². The zero-order valence-corrected chi connectivity index (χ0v) is 17.3. The lowest BCUT2D eigenvalue weighted by atomic mass is 9.90. The summed E-state index contributed by atoms with van der Waals surface area (Å²) in [6.07, 6.45) is 4.72. The molecule has 0 bridgehead atoms. The highest BCUT2D eigenvalue weighted by Gasteiger charge is 2.34. The van der Waals surface area contributed by atoms with E-state index < -0.39 is 11.8 Å². The second kappa shape index (κ2) is 8.89.